The van der Waals surface area contributed by atoms with Crippen LogP contribution in [0, 0.1) is 12.3 Å². The summed E-state index contributed by atoms with van der Waals surface area (Å²) in [5, 5.41) is 0.401. The van der Waals surface area contributed by atoms with Gasteiger partial charge in [-0.2, -0.15) is 0 Å². The summed E-state index contributed by atoms with van der Waals surface area (Å²) in [5.74, 6) is 2.32. The highest BCUT2D eigenvalue weighted by molar-refractivity contribution is 6.32. The molecule has 0 aromatic heterocycles. The van der Waals surface area contributed by atoms with E-state index in [1.165, 1.54) is 0 Å². The Morgan fingerprint density at radius 1 is 1.67 bits per heavy atom. The van der Waals surface area contributed by atoms with E-state index in [1.807, 2.05) is 19.9 Å². The zero-order valence-corrected chi connectivity index (χ0v) is 8.23. The maximum atomic E-state index is 5.75. The Balaban J connectivity index is 4.29. The van der Waals surface area contributed by atoms with Gasteiger partial charge in [0.2, 0.25) is 0 Å². The number of hydrogen-bond acceptors (Lipinski definition) is 1. The highest BCUT2D eigenvalue weighted by Gasteiger charge is 1.98. The van der Waals surface area contributed by atoms with Gasteiger partial charge in [0.1, 0.15) is 0 Å². The maximum absolute atomic E-state index is 5.75. The fraction of sp³-hybridized carbons (Fsp3) is 0.400. The summed E-state index contributed by atoms with van der Waals surface area (Å²) in [6.45, 7) is 4.00. The zero-order valence-electron chi connectivity index (χ0n) is 7.47. The molecule has 0 radical (unpaired) electrons. The molecule has 0 aliphatic heterocycles. The molecule has 12 heavy (non-hydrogen) atoms. The second-order valence-corrected chi connectivity index (χ2v) is 2.99. The van der Waals surface area contributed by atoms with Crippen LogP contribution in [0.4, 0.5) is 0 Å². The largest absolute Gasteiger partial charge is 0.324 e. The molecule has 1 atom stereocenters. The number of halogens is 1. The second-order valence-electron chi connectivity index (χ2n) is 2.58. The van der Waals surface area contributed by atoms with Crippen molar-refractivity contribution in [2.75, 3.05) is 0 Å². The minimum absolute atomic E-state index is 0.100. The van der Waals surface area contributed by atoms with E-state index in [-0.39, 0.29) is 6.04 Å². The summed E-state index contributed by atoms with van der Waals surface area (Å²) in [4.78, 5) is 0. The SMILES string of the molecule is C#C/C(Cl)=C\C=C(/C)C(N)CC. The van der Waals surface area contributed by atoms with Crippen molar-refractivity contribution in [3.8, 4) is 12.3 Å². The minimum atomic E-state index is 0.100. The van der Waals surface area contributed by atoms with Gasteiger partial charge in [-0.05, 0) is 19.4 Å². The van der Waals surface area contributed by atoms with Crippen molar-refractivity contribution in [3.63, 3.8) is 0 Å². The van der Waals surface area contributed by atoms with Crippen LogP contribution in [-0.4, -0.2) is 6.04 Å². The molecule has 0 fully saturated rings. The van der Waals surface area contributed by atoms with Crippen LogP contribution >= 0.6 is 11.6 Å². The molecule has 2 N–H and O–H groups in total. The van der Waals surface area contributed by atoms with Crippen molar-refractivity contribution in [3.05, 3.63) is 22.8 Å². The summed E-state index contributed by atoms with van der Waals surface area (Å²) < 4.78 is 0. The molecule has 0 aliphatic rings. The first kappa shape index (κ1) is 11.3. The van der Waals surface area contributed by atoms with E-state index in [9.17, 15) is 0 Å². The number of hydrogen-bond donors (Lipinski definition) is 1. The molecule has 0 spiro atoms. The van der Waals surface area contributed by atoms with Crippen molar-refractivity contribution in [2.45, 2.75) is 26.3 Å². The average molecular weight is 184 g/mol. The number of terminal acetylenes is 1. The Kier molecular flexibility index (Phi) is 5.53. The lowest BCUT2D eigenvalue weighted by Gasteiger charge is -2.07. The van der Waals surface area contributed by atoms with Crippen LogP contribution in [0.15, 0.2) is 22.8 Å². The molecule has 0 saturated carbocycles. The smallest absolute Gasteiger partial charge is 0.0901 e. The molecule has 0 heterocycles. The van der Waals surface area contributed by atoms with Gasteiger partial charge in [0.15, 0.2) is 0 Å². The second kappa shape index (κ2) is 5.88. The van der Waals surface area contributed by atoms with Crippen LogP contribution in [0.5, 0.6) is 0 Å². The summed E-state index contributed by atoms with van der Waals surface area (Å²) in [6.07, 6.45) is 9.52. The summed E-state index contributed by atoms with van der Waals surface area (Å²) >= 11 is 5.60. The first-order chi connectivity index (χ1) is 5.61. The van der Waals surface area contributed by atoms with Crippen molar-refractivity contribution < 1.29 is 0 Å². The molecule has 2 heteroatoms. The topological polar surface area (TPSA) is 26.0 Å². The third-order valence-corrected chi connectivity index (χ3v) is 1.89. The van der Waals surface area contributed by atoms with Crippen LogP contribution in [-0.2, 0) is 0 Å². The molecule has 0 saturated heterocycles. The van der Waals surface area contributed by atoms with Gasteiger partial charge in [0.05, 0.1) is 5.03 Å². The van der Waals surface area contributed by atoms with Crippen molar-refractivity contribution in [2.24, 2.45) is 5.73 Å². The van der Waals surface area contributed by atoms with Gasteiger partial charge >= 0.3 is 0 Å². The Labute approximate surface area is 79.3 Å². The molecular weight excluding hydrogens is 170 g/mol. The van der Waals surface area contributed by atoms with E-state index in [2.05, 4.69) is 5.92 Å². The van der Waals surface area contributed by atoms with Gasteiger partial charge in [-0.15, -0.1) is 6.42 Å². The van der Waals surface area contributed by atoms with Crippen molar-refractivity contribution in [1.29, 1.82) is 0 Å². The average Bonchev–Trinajstić information content (AvgIpc) is 2.11. The van der Waals surface area contributed by atoms with Gasteiger partial charge in [-0.1, -0.05) is 36.1 Å². The van der Waals surface area contributed by atoms with E-state index in [1.54, 1.807) is 6.08 Å². The Bertz CT molecular complexity index is 233. The highest BCUT2D eigenvalue weighted by atomic mass is 35.5. The molecule has 0 bridgehead atoms. The number of nitrogens with two attached hydrogens (primary N) is 1. The van der Waals surface area contributed by atoms with E-state index in [4.69, 9.17) is 23.8 Å². The molecule has 1 unspecified atom stereocenters. The number of allylic oxidation sites excluding steroid dienone is 3. The van der Waals surface area contributed by atoms with E-state index in [0.717, 1.165) is 12.0 Å². The lowest BCUT2D eigenvalue weighted by atomic mass is 10.1. The first-order valence-electron chi connectivity index (χ1n) is 3.88. The number of rotatable bonds is 3. The standard InChI is InChI=1S/C10H14ClN/c1-4-9(11)7-6-8(3)10(12)5-2/h1,6-7,10H,5,12H2,2-3H3/b8-6+,9-7+. The Morgan fingerprint density at radius 3 is 2.67 bits per heavy atom. The zero-order chi connectivity index (χ0) is 9.56. The van der Waals surface area contributed by atoms with Crippen LogP contribution in [0.3, 0.4) is 0 Å². The first-order valence-corrected chi connectivity index (χ1v) is 4.25. The Hall–Kier alpha value is -0.710. The van der Waals surface area contributed by atoms with Crippen molar-refractivity contribution in [1.82, 2.24) is 0 Å². The Morgan fingerprint density at radius 2 is 2.25 bits per heavy atom. The van der Waals surface area contributed by atoms with Crippen LogP contribution < -0.4 is 5.73 Å². The third kappa shape index (κ3) is 4.23. The van der Waals surface area contributed by atoms with Gasteiger partial charge in [-0.3, -0.25) is 0 Å². The van der Waals surface area contributed by atoms with Gasteiger partial charge in [0.25, 0.3) is 0 Å². The molecule has 0 aromatic carbocycles. The summed E-state index contributed by atoms with van der Waals surface area (Å²) in [5.41, 5.74) is 6.84. The lowest BCUT2D eigenvalue weighted by molar-refractivity contribution is 0.740. The molecule has 0 aliphatic carbocycles. The summed E-state index contributed by atoms with van der Waals surface area (Å²) in [6, 6.07) is 0.100. The van der Waals surface area contributed by atoms with Gasteiger partial charge in [-0.25, -0.2) is 0 Å². The molecule has 0 amide bonds. The molecule has 0 aromatic rings. The third-order valence-electron chi connectivity index (χ3n) is 1.66. The quantitative estimate of drug-likeness (QED) is 0.528. The predicted octanol–water partition coefficient (Wildman–Crippen LogP) is 2.43. The van der Waals surface area contributed by atoms with Gasteiger partial charge < -0.3 is 5.73 Å². The fourth-order valence-electron chi connectivity index (χ4n) is 0.698. The lowest BCUT2D eigenvalue weighted by Crippen LogP contribution is -2.19. The minimum Gasteiger partial charge on any atom is -0.324 e. The molecule has 66 valence electrons. The molecular formula is C10H14ClN. The predicted molar refractivity (Wildman–Crippen MR) is 54.8 cm³/mol. The summed E-state index contributed by atoms with van der Waals surface area (Å²) in [7, 11) is 0. The van der Waals surface area contributed by atoms with Crippen LogP contribution in [0.1, 0.15) is 20.3 Å². The monoisotopic (exact) mass is 183 g/mol. The van der Waals surface area contributed by atoms with Crippen LogP contribution in [0.25, 0.3) is 0 Å². The van der Waals surface area contributed by atoms with E-state index in [0.29, 0.717) is 5.03 Å². The van der Waals surface area contributed by atoms with E-state index < -0.39 is 0 Å². The van der Waals surface area contributed by atoms with Crippen molar-refractivity contribution >= 4 is 11.6 Å². The van der Waals surface area contributed by atoms with Crippen LogP contribution in [0.2, 0.25) is 0 Å². The molecule has 0 rings (SSSR count). The fourth-order valence-corrected chi connectivity index (χ4v) is 0.761. The highest BCUT2D eigenvalue weighted by Crippen LogP contribution is 2.05. The maximum Gasteiger partial charge on any atom is 0.0901 e. The normalized spacial score (nSPS) is 15.6. The molecule has 1 nitrogen and oxygen atoms in total. The van der Waals surface area contributed by atoms with E-state index >= 15 is 0 Å². The van der Waals surface area contributed by atoms with Gasteiger partial charge in [0, 0.05) is 6.04 Å².